The highest BCUT2D eigenvalue weighted by atomic mass is 16.4. The molecule has 3 rings (SSSR count). The quantitative estimate of drug-likeness (QED) is 0.795. The molecule has 0 spiro atoms. The fourth-order valence-electron chi connectivity index (χ4n) is 1.95. The summed E-state index contributed by atoms with van der Waals surface area (Å²) in [6.45, 7) is 0. The first-order valence-electron chi connectivity index (χ1n) is 6.42. The lowest BCUT2D eigenvalue weighted by molar-refractivity contribution is 0.597. The topological polar surface area (TPSA) is 71.3 Å². The monoisotopic (exact) mass is 282 g/mol. The molecule has 21 heavy (non-hydrogen) atoms. The average Bonchev–Trinajstić information content (AvgIpc) is 2.49. The van der Waals surface area contributed by atoms with Gasteiger partial charge in [0.15, 0.2) is 22.7 Å². The molecule has 106 valence electrons. The van der Waals surface area contributed by atoms with Crippen molar-refractivity contribution < 1.29 is 4.42 Å². The van der Waals surface area contributed by atoms with Crippen LogP contribution < -0.4 is 15.6 Å². The van der Waals surface area contributed by atoms with Crippen molar-refractivity contribution in [3.8, 4) is 0 Å². The molecule has 0 saturated heterocycles. The number of aromatic nitrogens is 2. The summed E-state index contributed by atoms with van der Waals surface area (Å²) in [5.74, 6) is 0.969. The van der Waals surface area contributed by atoms with E-state index in [4.69, 9.17) is 4.42 Å². The fourth-order valence-corrected chi connectivity index (χ4v) is 1.95. The average molecular weight is 282 g/mol. The molecule has 0 atom stereocenters. The molecule has 0 aliphatic carbocycles. The third-order valence-electron chi connectivity index (χ3n) is 3.00. The number of hydrogen-bond donors (Lipinski definition) is 1. The zero-order valence-corrected chi connectivity index (χ0v) is 11.7. The van der Waals surface area contributed by atoms with Crippen molar-refractivity contribution in [3.63, 3.8) is 0 Å². The van der Waals surface area contributed by atoms with Crippen LogP contribution in [-0.4, -0.2) is 24.1 Å². The van der Waals surface area contributed by atoms with E-state index in [2.05, 4.69) is 15.3 Å². The second kappa shape index (κ2) is 5.24. The maximum atomic E-state index is 12.2. The van der Waals surface area contributed by atoms with Gasteiger partial charge < -0.3 is 14.6 Å². The number of fused-ring (bicyclic) bond motifs is 1. The van der Waals surface area contributed by atoms with E-state index in [0.717, 1.165) is 5.69 Å². The lowest BCUT2D eigenvalue weighted by atomic mass is 10.2. The van der Waals surface area contributed by atoms with Gasteiger partial charge in [0.1, 0.15) is 0 Å². The van der Waals surface area contributed by atoms with Crippen LogP contribution in [0.4, 0.5) is 17.4 Å². The number of nitrogens with one attached hydrogen (secondary N) is 1. The third kappa shape index (κ3) is 2.55. The van der Waals surface area contributed by atoms with Gasteiger partial charge in [-0.15, -0.1) is 0 Å². The van der Waals surface area contributed by atoms with E-state index in [1.807, 2.05) is 26.2 Å². The Kier molecular flexibility index (Phi) is 3.27. The van der Waals surface area contributed by atoms with Crippen LogP contribution in [0.25, 0.3) is 11.0 Å². The Morgan fingerprint density at radius 1 is 1.24 bits per heavy atom. The van der Waals surface area contributed by atoms with Crippen molar-refractivity contribution in [1.29, 1.82) is 0 Å². The normalized spacial score (nSPS) is 10.6. The van der Waals surface area contributed by atoms with Gasteiger partial charge in [-0.1, -0.05) is 0 Å². The summed E-state index contributed by atoms with van der Waals surface area (Å²) in [5.41, 5.74) is 1.10. The molecule has 0 fully saturated rings. The molecule has 3 aromatic heterocycles. The zero-order valence-electron chi connectivity index (χ0n) is 11.7. The number of anilines is 3. The van der Waals surface area contributed by atoms with Gasteiger partial charge in [-0.25, -0.2) is 4.98 Å². The molecule has 3 aromatic rings. The van der Waals surface area contributed by atoms with E-state index in [9.17, 15) is 4.79 Å². The SMILES string of the molecule is CN(C)c1cc(=O)c2ccnc(Nc3cccnc3)c2o1. The van der Waals surface area contributed by atoms with Crippen molar-refractivity contribution in [1.82, 2.24) is 9.97 Å². The highest BCUT2D eigenvalue weighted by molar-refractivity contribution is 5.88. The largest absolute Gasteiger partial charge is 0.436 e. The summed E-state index contributed by atoms with van der Waals surface area (Å²) in [4.78, 5) is 22.2. The van der Waals surface area contributed by atoms with E-state index in [1.165, 1.54) is 6.07 Å². The standard InChI is InChI=1S/C15H14N4O2/c1-19(2)13-8-12(20)11-5-7-17-15(14(11)21-13)18-10-4-3-6-16-9-10/h3-9H,1-2H3,(H,17,18). The van der Waals surface area contributed by atoms with Crippen LogP contribution in [0.1, 0.15) is 0 Å². The second-order valence-corrected chi connectivity index (χ2v) is 4.75. The minimum atomic E-state index is -0.100. The number of nitrogens with zero attached hydrogens (tertiary/aromatic N) is 3. The van der Waals surface area contributed by atoms with E-state index in [0.29, 0.717) is 22.7 Å². The lowest BCUT2D eigenvalue weighted by Gasteiger charge is -2.12. The first-order chi connectivity index (χ1) is 10.1. The molecule has 0 radical (unpaired) electrons. The van der Waals surface area contributed by atoms with E-state index in [1.54, 1.807) is 29.6 Å². The Labute approximate surface area is 121 Å². The van der Waals surface area contributed by atoms with Crippen LogP contribution in [0.2, 0.25) is 0 Å². The molecular formula is C15H14N4O2. The molecule has 0 saturated carbocycles. The Morgan fingerprint density at radius 2 is 2.10 bits per heavy atom. The molecule has 3 heterocycles. The van der Waals surface area contributed by atoms with Crippen molar-refractivity contribution >= 4 is 28.4 Å². The number of hydrogen-bond acceptors (Lipinski definition) is 6. The van der Waals surface area contributed by atoms with Crippen LogP contribution in [-0.2, 0) is 0 Å². The predicted molar refractivity (Wildman–Crippen MR) is 82.1 cm³/mol. The van der Waals surface area contributed by atoms with Gasteiger partial charge in [-0.2, -0.15) is 0 Å². The third-order valence-corrected chi connectivity index (χ3v) is 3.00. The first-order valence-corrected chi connectivity index (χ1v) is 6.42. The molecule has 0 unspecified atom stereocenters. The molecule has 0 aliphatic heterocycles. The van der Waals surface area contributed by atoms with E-state index in [-0.39, 0.29) is 5.43 Å². The smallest absolute Gasteiger partial charge is 0.199 e. The highest BCUT2D eigenvalue weighted by Gasteiger charge is 2.11. The molecule has 0 bridgehead atoms. The summed E-state index contributed by atoms with van der Waals surface area (Å²) in [5, 5.41) is 3.60. The van der Waals surface area contributed by atoms with Gasteiger partial charge in [-0.3, -0.25) is 9.78 Å². The predicted octanol–water partition coefficient (Wildman–Crippen LogP) is 2.39. The van der Waals surface area contributed by atoms with E-state index >= 15 is 0 Å². The van der Waals surface area contributed by atoms with Crippen LogP contribution in [0.15, 0.2) is 52.1 Å². The van der Waals surface area contributed by atoms with Gasteiger partial charge >= 0.3 is 0 Å². The number of rotatable bonds is 3. The molecule has 1 N–H and O–H groups in total. The molecule has 0 aromatic carbocycles. The molecule has 0 aliphatic rings. The van der Waals surface area contributed by atoms with Crippen molar-refractivity contribution in [3.05, 3.63) is 53.1 Å². The van der Waals surface area contributed by atoms with Gasteiger partial charge in [0.2, 0.25) is 0 Å². The Bertz CT molecular complexity index is 828. The summed E-state index contributed by atoms with van der Waals surface area (Å²) in [7, 11) is 3.63. The molecule has 0 amide bonds. The maximum absolute atomic E-state index is 12.2. The minimum absolute atomic E-state index is 0.100. The van der Waals surface area contributed by atoms with Gasteiger partial charge in [0.25, 0.3) is 0 Å². The van der Waals surface area contributed by atoms with Crippen LogP contribution in [0.5, 0.6) is 0 Å². The lowest BCUT2D eigenvalue weighted by Crippen LogP contribution is -2.12. The zero-order chi connectivity index (χ0) is 14.8. The van der Waals surface area contributed by atoms with Gasteiger partial charge in [-0.05, 0) is 18.2 Å². The van der Waals surface area contributed by atoms with E-state index < -0.39 is 0 Å². The van der Waals surface area contributed by atoms with Crippen LogP contribution in [0.3, 0.4) is 0 Å². The Hall–Kier alpha value is -2.89. The molecule has 6 heteroatoms. The summed E-state index contributed by atoms with van der Waals surface area (Å²) in [6, 6.07) is 6.79. The Balaban J connectivity index is 2.16. The van der Waals surface area contributed by atoms with Crippen LogP contribution >= 0.6 is 0 Å². The minimum Gasteiger partial charge on any atom is -0.436 e. The van der Waals surface area contributed by atoms with Crippen molar-refractivity contribution in [2.24, 2.45) is 0 Å². The maximum Gasteiger partial charge on any atom is 0.199 e. The molecule has 6 nitrogen and oxygen atoms in total. The summed E-state index contributed by atoms with van der Waals surface area (Å²) >= 11 is 0. The van der Waals surface area contributed by atoms with Gasteiger partial charge in [0.05, 0.1) is 17.3 Å². The van der Waals surface area contributed by atoms with Crippen molar-refractivity contribution in [2.45, 2.75) is 0 Å². The Morgan fingerprint density at radius 3 is 2.81 bits per heavy atom. The van der Waals surface area contributed by atoms with Crippen LogP contribution in [0, 0.1) is 0 Å². The summed E-state index contributed by atoms with van der Waals surface area (Å²) in [6.07, 6.45) is 4.94. The first kappa shape index (κ1) is 13.1. The highest BCUT2D eigenvalue weighted by Crippen LogP contribution is 2.25. The summed E-state index contributed by atoms with van der Waals surface area (Å²) < 4.78 is 5.79. The van der Waals surface area contributed by atoms with Gasteiger partial charge in [0, 0.05) is 32.6 Å². The second-order valence-electron chi connectivity index (χ2n) is 4.75. The number of pyridine rings is 2. The van der Waals surface area contributed by atoms with Crippen molar-refractivity contribution in [2.75, 3.05) is 24.3 Å². The fraction of sp³-hybridized carbons (Fsp3) is 0.133. The molecular weight excluding hydrogens is 268 g/mol.